The molecule has 0 radical (unpaired) electrons. The van der Waals surface area contributed by atoms with E-state index in [0.29, 0.717) is 18.5 Å². The van der Waals surface area contributed by atoms with Crippen LogP contribution in [0.1, 0.15) is 24.5 Å². The summed E-state index contributed by atoms with van der Waals surface area (Å²) in [6.07, 6.45) is 0.610. The molecule has 0 heterocycles. The smallest absolute Gasteiger partial charge is 0.0991 e. The van der Waals surface area contributed by atoms with Crippen LogP contribution < -0.4 is 5.73 Å². The van der Waals surface area contributed by atoms with Crippen LogP contribution in [0.5, 0.6) is 0 Å². The van der Waals surface area contributed by atoms with E-state index in [9.17, 15) is 0 Å². The first kappa shape index (κ1) is 11.7. The molecule has 0 saturated carbocycles. The lowest BCUT2D eigenvalue weighted by atomic mass is 9.79. The highest BCUT2D eigenvalue weighted by atomic mass is 16.3. The number of benzene rings is 1. The van der Waals surface area contributed by atoms with Crippen LogP contribution in [0.4, 0.5) is 0 Å². The monoisotopic (exact) mass is 204 g/mol. The largest absolute Gasteiger partial charge is 0.396 e. The topological polar surface area (TPSA) is 70.0 Å². The van der Waals surface area contributed by atoms with Gasteiger partial charge in [-0.1, -0.05) is 19.1 Å². The molecular formula is C12H16N2O. The second-order valence-corrected chi connectivity index (χ2v) is 3.93. The average Bonchev–Trinajstić information content (AvgIpc) is 2.29. The molecule has 3 heteroatoms. The number of aliphatic hydroxyl groups excluding tert-OH is 1. The summed E-state index contributed by atoms with van der Waals surface area (Å²) in [5.74, 6) is 0. The van der Waals surface area contributed by atoms with Gasteiger partial charge in [0.1, 0.15) is 0 Å². The van der Waals surface area contributed by atoms with Crippen LogP contribution in [-0.4, -0.2) is 18.3 Å². The van der Waals surface area contributed by atoms with E-state index in [1.54, 1.807) is 6.07 Å². The van der Waals surface area contributed by atoms with Gasteiger partial charge in [-0.25, -0.2) is 0 Å². The highest BCUT2D eigenvalue weighted by molar-refractivity contribution is 5.36. The molecule has 0 saturated heterocycles. The Balaban J connectivity index is 3.07. The number of aliphatic hydroxyl groups is 1. The minimum Gasteiger partial charge on any atom is -0.396 e. The molecule has 1 unspecified atom stereocenters. The van der Waals surface area contributed by atoms with Crippen molar-refractivity contribution >= 4 is 0 Å². The fourth-order valence-electron chi connectivity index (χ4n) is 1.58. The van der Waals surface area contributed by atoms with Gasteiger partial charge in [-0.3, -0.25) is 0 Å². The van der Waals surface area contributed by atoms with Gasteiger partial charge in [-0.2, -0.15) is 5.26 Å². The number of nitrogens with zero attached hydrogens (tertiary/aromatic N) is 1. The third-order valence-electron chi connectivity index (χ3n) is 2.80. The van der Waals surface area contributed by atoms with Gasteiger partial charge in [0.15, 0.2) is 0 Å². The highest BCUT2D eigenvalue weighted by Gasteiger charge is 2.24. The van der Waals surface area contributed by atoms with Crippen molar-refractivity contribution in [1.29, 1.82) is 5.26 Å². The molecular weight excluding hydrogens is 188 g/mol. The molecule has 1 aromatic carbocycles. The van der Waals surface area contributed by atoms with E-state index in [1.165, 1.54) is 0 Å². The molecule has 0 aliphatic carbocycles. The maximum Gasteiger partial charge on any atom is 0.0991 e. The minimum atomic E-state index is -0.248. The predicted octanol–water partition coefficient (Wildman–Crippen LogP) is 1.16. The first-order valence-electron chi connectivity index (χ1n) is 4.98. The second kappa shape index (κ2) is 4.92. The number of rotatable bonds is 4. The summed E-state index contributed by atoms with van der Waals surface area (Å²) in [7, 11) is 0. The lowest BCUT2D eigenvalue weighted by molar-refractivity contribution is 0.247. The summed E-state index contributed by atoms with van der Waals surface area (Å²) in [6, 6.07) is 9.50. The maximum absolute atomic E-state index is 9.00. The van der Waals surface area contributed by atoms with Crippen LogP contribution in [0.25, 0.3) is 0 Å². The summed E-state index contributed by atoms with van der Waals surface area (Å²) in [5, 5.41) is 17.8. The molecule has 80 valence electrons. The molecule has 0 aliphatic heterocycles. The van der Waals surface area contributed by atoms with Gasteiger partial charge in [-0.15, -0.1) is 0 Å². The molecule has 3 nitrogen and oxygen atoms in total. The second-order valence-electron chi connectivity index (χ2n) is 3.93. The summed E-state index contributed by atoms with van der Waals surface area (Å²) >= 11 is 0. The van der Waals surface area contributed by atoms with Crippen LogP contribution in [0.3, 0.4) is 0 Å². The van der Waals surface area contributed by atoms with Crippen molar-refractivity contribution in [2.75, 3.05) is 13.2 Å². The van der Waals surface area contributed by atoms with Gasteiger partial charge in [0.05, 0.1) is 11.6 Å². The molecule has 0 aliphatic rings. The Labute approximate surface area is 90.1 Å². The standard InChI is InChI=1S/C12H16N2O/c1-12(9-14,5-6-15)11-4-2-3-10(7-11)8-13/h2-4,7,15H,5-6,9,14H2,1H3. The van der Waals surface area contributed by atoms with Gasteiger partial charge < -0.3 is 10.8 Å². The van der Waals surface area contributed by atoms with Crippen molar-refractivity contribution in [3.63, 3.8) is 0 Å². The Morgan fingerprint density at radius 1 is 1.53 bits per heavy atom. The van der Waals surface area contributed by atoms with Crippen molar-refractivity contribution in [2.24, 2.45) is 5.73 Å². The third kappa shape index (κ3) is 2.56. The Morgan fingerprint density at radius 2 is 2.27 bits per heavy atom. The van der Waals surface area contributed by atoms with Crippen LogP contribution >= 0.6 is 0 Å². The molecule has 0 fully saturated rings. The Hall–Kier alpha value is -1.37. The van der Waals surface area contributed by atoms with Crippen molar-refractivity contribution in [3.05, 3.63) is 35.4 Å². The summed E-state index contributed by atoms with van der Waals surface area (Å²) < 4.78 is 0. The first-order valence-corrected chi connectivity index (χ1v) is 4.98. The number of hydrogen-bond acceptors (Lipinski definition) is 3. The number of nitrogens with two attached hydrogens (primary N) is 1. The summed E-state index contributed by atoms with van der Waals surface area (Å²) in [5.41, 5.74) is 7.12. The molecule has 0 bridgehead atoms. The fourth-order valence-corrected chi connectivity index (χ4v) is 1.58. The van der Waals surface area contributed by atoms with Crippen LogP contribution in [0, 0.1) is 11.3 Å². The van der Waals surface area contributed by atoms with E-state index in [-0.39, 0.29) is 12.0 Å². The van der Waals surface area contributed by atoms with E-state index in [0.717, 1.165) is 5.56 Å². The van der Waals surface area contributed by atoms with Gasteiger partial charge in [0.2, 0.25) is 0 Å². The minimum absolute atomic E-state index is 0.102. The van der Waals surface area contributed by atoms with Crippen LogP contribution in [0.15, 0.2) is 24.3 Å². The molecule has 1 atom stereocenters. The fraction of sp³-hybridized carbons (Fsp3) is 0.417. The SMILES string of the molecule is CC(CN)(CCO)c1cccc(C#N)c1. The molecule has 15 heavy (non-hydrogen) atoms. The molecule has 1 rings (SSSR count). The van der Waals surface area contributed by atoms with Gasteiger partial charge in [-0.05, 0) is 24.1 Å². The van der Waals surface area contributed by atoms with Crippen molar-refractivity contribution in [2.45, 2.75) is 18.8 Å². The van der Waals surface area contributed by atoms with E-state index >= 15 is 0 Å². The van der Waals surface area contributed by atoms with Crippen LogP contribution in [0.2, 0.25) is 0 Å². The Bertz CT molecular complexity index is 370. The first-order chi connectivity index (χ1) is 7.16. The third-order valence-corrected chi connectivity index (χ3v) is 2.80. The molecule has 0 spiro atoms. The van der Waals surface area contributed by atoms with Gasteiger partial charge >= 0.3 is 0 Å². The number of nitriles is 1. The zero-order valence-electron chi connectivity index (χ0n) is 8.90. The van der Waals surface area contributed by atoms with Gasteiger partial charge in [0.25, 0.3) is 0 Å². The van der Waals surface area contributed by atoms with Crippen molar-refractivity contribution < 1.29 is 5.11 Å². The number of hydrogen-bond donors (Lipinski definition) is 2. The van der Waals surface area contributed by atoms with E-state index in [1.807, 2.05) is 25.1 Å². The maximum atomic E-state index is 9.00. The zero-order valence-corrected chi connectivity index (χ0v) is 8.90. The molecule has 1 aromatic rings. The van der Waals surface area contributed by atoms with Crippen molar-refractivity contribution in [3.8, 4) is 6.07 Å². The summed E-state index contributed by atoms with van der Waals surface area (Å²) in [4.78, 5) is 0. The average molecular weight is 204 g/mol. The zero-order chi connectivity index (χ0) is 11.3. The summed E-state index contributed by atoms with van der Waals surface area (Å²) in [6.45, 7) is 2.56. The van der Waals surface area contributed by atoms with E-state index in [2.05, 4.69) is 6.07 Å². The molecule has 0 aromatic heterocycles. The molecule has 3 N–H and O–H groups in total. The highest BCUT2D eigenvalue weighted by Crippen LogP contribution is 2.26. The van der Waals surface area contributed by atoms with E-state index < -0.39 is 0 Å². The predicted molar refractivity (Wildman–Crippen MR) is 59.3 cm³/mol. The quantitative estimate of drug-likeness (QED) is 0.773. The van der Waals surface area contributed by atoms with E-state index in [4.69, 9.17) is 16.1 Å². The van der Waals surface area contributed by atoms with Gasteiger partial charge in [0, 0.05) is 18.6 Å². The normalized spacial score (nSPS) is 14.3. The van der Waals surface area contributed by atoms with Crippen LogP contribution in [-0.2, 0) is 5.41 Å². The lowest BCUT2D eigenvalue weighted by Crippen LogP contribution is -2.32. The Kier molecular flexibility index (Phi) is 3.84. The lowest BCUT2D eigenvalue weighted by Gasteiger charge is -2.27. The van der Waals surface area contributed by atoms with Crippen molar-refractivity contribution in [1.82, 2.24) is 0 Å². The molecule has 0 amide bonds. The Morgan fingerprint density at radius 3 is 2.80 bits per heavy atom.